The molecule has 1 aliphatic rings. The highest BCUT2D eigenvalue weighted by Gasteiger charge is 2.26. The van der Waals surface area contributed by atoms with Gasteiger partial charge in [-0.3, -0.25) is 0 Å². The Labute approximate surface area is 362 Å². The summed E-state index contributed by atoms with van der Waals surface area (Å²) in [6.07, 6.45) is 25.7. The molecule has 0 bridgehead atoms. The molecular formula is C56H92N2. The number of anilines is 1. The highest BCUT2D eigenvalue weighted by atomic mass is 15.1. The molecule has 0 saturated carbocycles. The van der Waals surface area contributed by atoms with Crippen molar-refractivity contribution in [2.24, 2.45) is 11.3 Å². The molecule has 3 rings (SSSR count). The molecule has 2 heteroatoms. The van der Waals surface area contributed by atoms with E-state index in [1.54, 1.807) is 0 Å². The van der Waals surface area contributed by atoms with Crippen LogP contribution in [0.1, 0.15) is 174 Å². The van der Waals surface area contributed by atoms with Gasteiger partial charge in [-0.2, -0.15) is 0 Å². The number of nitrogens with one attached hydrogen (secondary N) is 1. The first kappa shape index (κ1) is 58.3. The minimum atomic E-state index is 0.344. The maximum atomic E-state index is 3.48. The summed E-state index contributed by atoms with van der Waals surface area (Å²) in [5.74, 6) is 1.15. The van der Waals surface area contributed by atoms with E-state index in [4.69, 9.17) is 0 Å². The number of hydrogen-bond acceptors (Lipinski definition) is 2. The monoisotopic (exact) mass is 793 g/mol. The van der Waals surface area contributed by atoms with Gasteiger partial charge in [-0.1, -0.05) is 194 Å². The van der Waals surface area contributed by atoms with Crippen molar-refractivity contribution < 1.29 is 0 Å². The van der Waals surface area contributed by atoms with E-state index in [0.29, 0.717) is 17.3 Å². The molecule has 0 saturated heterocycles. The number of hydrogen-bond donors (Lipinski definition) is 1. The van der Waals surface area contributed by atoms with Gasteiger partial charge < -0.3 is 10.2 Å². The lowest BCUT2D eigenvalue weighted by molar-refractivity contribution is 0.357. The summed E-state index contributed by atoms with van der Waals surface area (Å²) in [7, 11) is 1.97. The topological polar surface area (TPSA) is 15.3 Å². The van der Waals surface area contributed by atoms with Crippen LogP contribution in [0.15, 0.2) is 144 Å². The van der Waals surface area contributed by atoms with Crippen LogP contribution < -0.4 is 10.2 Å². The summed E-state index contributed by atoms with van der Waals surface area (Å²) in [6, 6.07) is 19.4. The number of benzene rings is 2. The molecular weight excluding hydrogens is 701 g/mol. The normalized spacial score (nSPS) is 14.4. The van der Waals surface area contributed by atoms with Gasteiger partial charge in [0.15, 0.2) is 0 Å². The SMILES string of the molecule is C/C=C(\C=C/CC)C(/C)=C/CN1C(/C=C\CC(C)(C)CC)=C(C)C(C)c2ccccc21.C=CCC.CC.CC.CC.CNC(/C=C\CC(C)C)=C(/C)c1ccccc1. The lowest BCUT2D eigenvalue weighted by Crippen LogP contribution is -2.29. The zero-order chi connectivity index (χ0) is 45.1. The molecule has 1 heterocycles. The first-order chi connectivity index (χ1) is 27.8. The maximum absolute atomic E-state index is 3.48. The quantitative estimate of drug-likeness (QED) is 0.143. The molecule has 0 amide bonds. The smallest absolute Gasteiger partial charge is 0.0452 e. The van der Waals surface area contributed by atoms with Gasteiger partial charge >= 0.3 is 0 Å². The summed E-state index contributed by atoms with van der Waals surface area (Å²) in [5.41, 5.74) is 12.3. The zero-order valence-corrected chi connectivity index (χ0v) is 41.4. The van der Waals surface area contributed by atoms with Crippen molar-refractivity contribution >= 4 is 11.3 Å². The highest BCUT2D eigenvalue weighted by molar-refractivity contribution is 5.69. The van der Waals surface area contributed by atoms with Gasteiger partial charge in [0, 0.05) is 36.6 Å². The second-order valence-corrected chi connectivity index (χ2v) is 14.9. The van der Waals surface area contributed by atoms with Crippen LogP contribution in [-0.4, -0.2) is 13.6 Å². The fourth-order valence-electron chi connectivity index (χ4n) is 5.69. The van der Waals surface area contributed by atoms with Gasteiger partial charge in [-0.25, -0.2) is 0 Å². The molecule has 58 heavy (non-hydrogen) atoms. The third-order valence-electron chi connectivity index (χ3n) is 9.88. The molecule has 2 aromatic rings. The van der Waals surface area contributed by atoms with Crippen LogP contribution in [0.25, 0.3) is 5.57 Å². The van der Waals surface area contributed by atoms with Gasteiger partial charge in [-0.15, -0.1) is 6.58 Å². The standard InChI is InChI=1S/C30H43N.C16H23N.C4H8.3C2H6/c1-9-12-16-26(10-2)23(4)20-22-31-28(19-15-21-30(7,8)11-3)25(6)24(5)27-17-13-14-18-29(27)31;1-13(2)9-8-12-16(17-4)14(3)15-10-6-5-7-11-15;1-3-4-2;3*1-2/h10,12-20,24H,9,11,21-22H2,1-8H3;5-8,10-13,17H,9H2,1-4H3;3H,1,4H2,2H3;3*1-2H3/b16-12-,19-15-,23-20+,26-10+;12-8-,16-14-;;;;. The van der Waals surface area contributed by atoms with Crippen molar-refractivity contribution in [2.45, 2.75) is 163 Å². The Bertz CT molecular complexity index is 1550. The minimum Gasteiger partial charge on any atom is -0.388 e. The molecule has 2 aromatic carbocycles. The number of likely N-dealkylation sites (N-methyl/N-ethyl adjacent to an activating group) is 1. The maximum Gasteiger partial charge on any atom is 0.0452 e. The molecule has 1 atom stereocenters. The van der Waals surface area contributed by atoms with E-state index in [1.165, 1.54) is 56.9 Å². The van der Waals surface area contributed by atoms with E-state index in [2.05, 4.69) is 197 Å². The van der Waals surface area contributed by atoms with E-state index in [9.17, 15) is 0 Å². The molecule has 0 fully saturated rings. The Hall–Kier alpha value is -4.04. The molecule has 326 valence electrons. The van der Waals surface area contributed by atoms with Crippen LogP contribution in [0.5, 0.6) is 0 Å². The molecule has 0 spiro atoms. The summed E-state index contributed by atoms with van der Waals surface area (Å²) >= 11 is 0. The lowest BCUT2D eigenvalue weighted by Gasteiger charge is -2.36. The number of allylic oxidation sites excluding steroid dienone is 12. The van der Waals surface area contributed by atoms with Crippen molar-refractivity contribution in [3.63, 3.8) is 0 Å². The highest BCUT2D eigenvalue weighted by Crippen LogP contribution is 2.41. The summed E-state index contributed by atoms with van der Waals surface area (Å²) in [6.45, 7) is 43.2. The van der Waals surface area contributed by atoms with Gasteiger partial charge in [0.2, 0.25) is 0 Å². The number of para-hydroxylation sites is 1. The molecule has 0 aliphatic carbocycles. The molecule has 0 radical (unpaired) electrons. The van der Waals surface area contributed by atoms with E-state index in [0.717, 1.165) is 32.2 Å². The molecule has 0 aromatic heterocycles. The lowest BCUT2D eigenvalue weighted by atomic mass is 9.85. The average Bonchev–Trinajstić information content (AvgIpc) is 3.26. The van der Waals surface area contributed by atoms with Crippen LogP contribution in [0, 0.1) is 11.3 Å². The summed E-state index contributed by atoms with van der Waals surface area (Å²) < 4.78 is 0. The minimum absolute atomic E-state index is 0.344. The summed E-state index contributed by atoms with van der Waals surface area (Å²) in [4.78, 5) is 2.50. The molecule has 2 nitrogen and oxygen atoms in total. The van der Waals surface area contributed by atoms with Crippen LogP contribution in [0.4, 0.5) is 5.69 Å². The predicted octanol–water partition coefficient (Wildman–Crippen LogP) is 18.0. The molecule has 1 aliphatic heterocycles. The Balaban J connectivity index is -0.000000940. The fraction of sp³-hybridized carbons (Fsp3) is 0.500. The number of fused-ring (bicyclic) bond motifs is 1. The van der Waals surface area contributed by atoms with Crippen LogP contribution in [0.3, 0.4) is 0 Å². The Morgan fingerprint density at radius 1 is 0.845 bits per heavy atom. The second-order valence-electron chi connectivity index (χ2n) is 14.9. The van der Waals surface area contributed by atoms with Gasteiger partial charge in [-0.05, 0) is 116 Å². The Kier molecular flexibility index (Phi) is 36.2. The van der Waals surface area contributed by atoms with E-state index in [-0.39, 0.29) is 0 Å². The first-order valence-electron chi connectivity index (χ1n) is 22.8. The second kappa shape index (κ2) is 36.1. The van der Waals surface area contributed by atoms with Crippen LogP contribution in [-0.2, 0) is 0 Å². The van der Waals surface area contributed by atoms with Gasteiger partial charge in [0.1, 0.15) is 0 Å². The molecule has 1 N–H and O–H groups in total. The summed E-state index contributed by atoms with van der Waals surface area (Å²) in [5, 5.41) is 3.27. The van der Waals surface area contributed by atoms with E-state index < -0.39 is 0 Å². The van der Waals surface area contributed by atoms with Crippen LogP contribution in [0.2, 0.25) is 0 Å². The largest absolute Gasteiger partial charge is 0.388 e. The van der Waals surface area contributed by atoms with E-state index >= 15 is 0 Å². The van der Waals surface area contributed by atoms with E-state index in [1.807, 2.05) is 60.7 Å². The zero-order valence-electron chi connectivity index (χ0n) is 41.4. The van der Waals surface area contributed by atoms with Crippen molar-refractivity contribution in [3.8, 4) is 0 Å². The van der Waals surface area contributed by atoms with Gasteiger partial charge in [0.25, 0.3) is 0 Å². The van der Waals surface area contributed by atoms with Crippen molar-refractivity contribution in [1.82, 2.24) is 5.32 Å². The molecule has 1 unspecified atom stereocenters. The van der Waals surface area contributed by atoms with Crippen LogP contribution >= 0.6 is 0 Å². The number of nitrogens with zero attached hydrogens (tertiary/aromatic N) is 1. The Morgan fingerprint density at radius 2 is 1.41 bits per heavy atom. The van der Waals surface area contributed by atoms with Crippen molar-refractivity contribution in [1.29, 1.82) is 0 Å². The number of rotatable bonds is 15. The van der Waals surface area contributed by atoms with Gasteiger partial charge in [0.05, 0.1) is 0 Å². The fourth-order valence-corrected chi connectivity index (χ4v) is 5.69. The average molecular weight is 793 g/mol. The Morgan fingerprint density at radius 3 is 1.91 bits per heavy atom. The third-order valence-corrected chi connectivity index (χ3v) is 9.88. The van der Waals surface area contributed by atoms with Crippen molar-refractivity contribution in [2.75, 3.05) is 18.5 Å². The first-order valence-corrected chi connectivity index (χ1v) is 22.8. The predicted molar refractivity (Wildman–Crippen MR) is 271 cm³/mol. The van der Waals surface area contributed by atoms with Crippen molar-refractivity contribution in [3.05, 3.63) is 155 Å². The third kappa shape index (κ3) is 22.8.